The molecule has 0 unspecified atom stereocenters. The molecular formula is C36H49N9O5. The quantitative estimate of drug-likeness (QED) is 0.253. The number of carbonyl (C=O) groups excluding carboxylic acids is 3. The van der Waals surface area contributed by atoms with Gasteiger partial charge in [0.05, 0.1) is 25.8 Å². The average molecular weight is 688 g/mol. The molecule has 0 aliphatic carbocycles. The van der Waals surface area contributed by atoms with Crippen molar-refractivity contribution < 1.29 is 23.9 Å². The summed E-state index contributed by atoms with van der Waals surface area (Å²) in [5, 5.41) is 18.1. The second-order valence-corrected chi connectivity index (χ2v) is 12.9. The predicted molar refractivity (Wildman–Crippen MR) is 188 cm³/mol. The lowest BCUT2D eigenvalue weighted by atomic mass is 9.97. The van der Waals surface area contributed by atoms with Gasteiger partial charge in [-0.05, 0) is 73.7 Å². The predicted octanol–water partition coefficient (Wildman–Crippen LogP) is 3.04. The van der Waals surface area contributed by atoms with E-state index in [2.05, 4.69) is 32.0 Å². The van der Waals surface area contributed by atoms with Crippen molar-refractivity contribution in [2.24, 2.45) is 5.92 Å². The first-order valence-corrected chi connectivity index (χ1v) is 17.3. The second-order valence-electron chi connectivity index (χ2n) is 12.9. The summed E-state index contributed by atoms with van der Waals surface area (Å²) in [6.45, 7) is 8.28. The van der Waals surface area contributed by atoms with Gasteiger partial charge in [0.2, 0.25) is 17.7 Å². The van der Waals surface area contributed by atoms with Crippen molar-refractivity contribution in [1.82, 2.24) is 45.2 Å². The minimum atomic E-state index is -0.724. The molecular weight excluding hydrogens is 638 g/mol. The molecule has 0 radical (unpaired) electrons. The van der Waals surface area contributed by atoms with Gasteiger partial charge in [0.25, 0.3) is 0 Å². The molecule has 14 nitrogen and oxygen atoms in total. The fourth-order valence-corrected chi connectivity index (χ4v) is 6.18. The van der Waals surface area contributed by atoms with E-state index in [1.54, 1.807) is 25.1 Å². The molecule has 4 heterocycles. The number of methoxy groups -OCH3 is 2. The van der Waals surface area contributed by atoms with Crippen LogP contribution in [0, 0.1) is 5.92 Å². The van der Waals surface area contributed by atoms with Gasteiger partial charge in [-0.15, -0.1) is 0 Å². The largest absolute Gasteiger partial charge is 0.493 e. The van der Waals surface area contributed by atoms with E-state index in [0.29, 0.717) is 68.5 Å². The van der Waals surface area contributed by atoms with Crippen LogP contribution in [-0.2, 0) is 33.9 Å². The summed E-state index contributed by atoms with van der Waals surface area (Å²) in [7, 11) is 3.16. The Morgan fingerprint density at radius 1 is 0.960 bits per heavy atom. The smallest absolute Gasteiger partial charge is 0.243 e. The summed E-state index contributed by atoms with van der Waals surface area (Å²) >= 11 is 0. The van der Waals surface area contributed by atoms with Crippen LogP contribution in [0.4, 0.5) is 0 Å². The van der Waals surface area contributed by atoms with E-state index in [9.17, 15) is 14.4 Å². The van der Waals surface area contributed by atoms with E-state index in [4.69, 9.17) is 19.6 Å². The molecule has 0 bridgehead atoms. The molecule has 0 saturated heterocycles. The van der Waals surface area contributed by atoms with Crippen LogP contribution in [0.2, 0.25) is 0 Å². The third-order valence-electron chi connectivity index (χ3n) is 9.13. The van der Waals surface area contributed by atoms with Gasteiger partial charge in [0.15, 0.2) is 17.3 Å². The van der Waals surface area contributed by atoms with Crippen LogP contribution in [0.3, 0.4) is 0 Å². The highest BCUT2D eigenvalue weighted by Crippen LogP contribution is 2.28. The number of hydrogen-bond acceptors (Lipinski definition) is 9. The van der Waals surface area contributed by atoms with E-state index in [0.717, 1.165) is 29.6 Å². The van der Waals surface area contributed by atoms with Crippen molar-refractivity contribution in [3.63, 3.8) is 0 Å². The van der Waals surface area contributed by atoms with Gasteiger partial charge in [-0.3, -0.25) is 19.3 Å². The molecule has 4 aromatic rings. The number of pyridine rings is 1. The first-order valence-electron chi connectivity index (χ1n) is 17.3. The van der Waals surface area contributed by atoms with Gasteiger partial charge in [-0.1, -0.05) is 26.3 Å². The van der Waals surface area contributed by atoms with E-state index in [-0.39, 0.29) is 30.2 Å². The number of aromatic nitrogens is 5. The molecule has 50 heavy (non-hydrogen) atoms. The Morgan fingerprint density at radius 3 is 2.54 bits per heavy atom. The summed E-state index contributed by atoms with van der Waals surface area (Å²) in [5.74, 6) is 1.37. The van der Waals surface area contributed by atoms with Crippen LogP contribution in [0.5, 0.6) is 11.5 Å². The van der Waals surface area contributed by atoms with E-state index < -0.39 is 12.1 Å². The van der Waals surface area contributed by atoms with Crippen molar-refractivity contribution in [3.8, 4) is 11.5 Å². The van der Waals surface area contributed by atoms with Crippen molar-refractivity contribution >= 4 is 23.2 Å². The number of amides is 3. The maximum atomic E-state index is 13.7. The topological polar surface area (TPSA) is 157 Å². The number of carbonyl (C=O) groups is 3. The van der Waals surface area contributed by atoms with Crippen molar-refractivity contribution in [3.05, 3.63) is 71.6 Å². The van der Waals surface area contributed by atoms with E-state index in [1.807, 2.05) is 61.8 Å². The van der Waals surface area contributed by atoms with E-state index in [1.165, 1.54) is 0 Å². The van der Waals surface area contributed by atoms with Crippen LogP contribution >= 0.6 is 0 Å². The summed E-state index contributed by atoms with van der Waals surface area (Å²) in [6.07, 6.45) is 6.43. The average Bonchev–Trinajstić information content (AvgIpc) is 3.74. The molecule has 0 saturated carbocycles. The summed E-state index contributed by atoms with van der Waals surface area (Å²) in [4.78, 5) is 47.2. The first-order chi connectivity index (χ1) is 24.2. The number of benzene rings is 1. The molecule has 3 N–H and O–H groups in total. The zero-order chi connectivity index (χ0) is 35.6. The highest BCUT2D eigenvalue weighted by molar-refractivity contribution is 5.88. The summed E-state index contributed by atoms with van der Waals surface area (Å²) in [6, 6.07) is 10.4. The van der Waals surface area contributed by atoms with Gasteiger partial charge < -0.3 is 25.4 Å². The van der Waals surface area contributed by atoms with Crippen molar-refractivity contribution in [2.75, 3.05) is 33.9 Å². The molecule has 5 rings (SSSR count). The standard InChI is InChI=1S/C36H49N9O5/c1-6-24(2)34-36(48)39-25(3)35-40-31(21-26-10-11-29(49-4)30(20-26)50-5)42-45(35)23-33(47)37-14-8-17-43(16-7-9-32(46)41-34)22-27-13-18-44-28(19-27)12-15-38-44/h10-13,15,18-20,24-25,34H,6-9,14,16-17,21-23H2,1-5H3,(H,37,47)(H,39,48)(H,41,46)/t24-,25+,34-/m0/s1. The number of fused-ring (bicyclic) bond motifs is 2. The van der Waals surface area contributed by atoms with Crippen LogP contribution < -0.4 is 25.4 Å². The Hall–Kier alpha value is -4.98. The lowest BCUT2D eigenvalue weighted by Crippen LogP contribution is -2.51. The molecule has 3 amide bonds. The van der Waals surface area contributed by atoms with Crippen LogP contribution in [0.15, 0.2) is 48.8 Å². The maximum absolute atomic E-state index is 13.7. The summed E-state index contributed by atoms with van der Waals surface area (Å²) < 4.78 is 14.2. The highest BCUT2D eigenvalue weighted by Gasteiger charge is 2.29. The molecule has 0 fully saturated rings. The Morgan fingerprint density at radius 2 is 1.76 bits per heavy atom. The number of ether oxygens (including phenoxy) is 2. The number of rotatable bonds is 8. The Bertz CT molecular complexity index is 1770. The third kappa shape index (κ3) is 9.37. The normalized spacial score (nSPS) is 19.4. The van der Waals surface area contributed by atoms with Crippen molar-refractivity contribution in [2.45, 2.75) is 78.0 Å². The number of nitrogens with zero attached hydrogens (tertiary/aromatic N) is 6. The minimum absolute atomic E-state index is 0.0604. The Kier molecular flexibility index (Phi) is 12.4. The highest BCUT2D eigenvalue weighted by atomic mass is 16.5. The zero-order valence-corrected chi connectivity index (χ0v) is 29.6. The van der Waals surface area contributed by atoms with Crippen LogP contribution in [-0.4, -0.2) is 86.9 Å². The molecule has 0 spiro atoms. The summed E-state index contributed by atoms with van der Waals surface area (Å²) in [5.41, 5.74) is 3.05. The molecule has 1 aliphatic rings. The van der Waals surface area contributed by atoms with Gasteiger partial charge >= 0.3 is 0 Å². The van der Waals surface area contributed by atoms with Gasteiger partial charge in [-0.2, -0.15) is 10.2 Å². The Labute approximate surface area is 292 Å². The zero-order valence-electron chi connectivity index (χ0n) is 29.6. The van der Waals surface area contributed by atoms with E-state index >= 15 is 0 Å². The van der Waals surface area contributed by atoms with Crippen molar-refractivity contribution in [1.29, 1.82) is 0 Å². The van der Waals surface area contributed by atoms with Gasteiger partial charge in [0, 0.05) is 44.9 Å². The Balaban J connectivity index is 1.37. The third-order valence-corrected chi connectivity index (χ3v) is 9.13. The molecule has 14 heteroatoms. The monoisotopic (exact) mass is 687 g/mol. The second kappa shape index (κ2) is 17.1. The fourth-order valence-electron chi connectivity index (χ4n) is 6.18. The van der Waals surface area contributed by atoms with Crippen LogP contribution in [0.25, 0.3) is 5.52 Å². The van der Waals surface area contributed by atoms with Gasteiger partial charge in [0.1, 0.15) is 18.4 Å². The lowest BCUT2D eigenvalue weighted by Gasteiger charge is -2.26. The van der Waals surface area contributed by atoms with Crippen LogP contribution in [0.1, 0.15) is 75.3 Å². The SMILES string of the molecule is CC[C@H](C)[C@@H]1NC(=O)CCCN(Cc2ccn3nccc3c2)CCCNC(=O)Cn2nc(Cc3ccc(OC)c(OC)c3)nc2[C@@H](C)NC1=O. The molecule has 1 aromatic carbocycles. The molecule has 3 atom stereocenters. The van der Waals surface area contributed by atoms with Gasteiger partial charge in [-0.25, -0.2) is 14.2 Å². The molecule has 1 aliphatic heterocycles. The lowest BCUT2D eigenvalue weighted by molar-refractivity contribution is -0.130. The fraction of sp³-hybridized carbons (Fsp3) is 0.500. The first kappa shape index (κ1) is 36.3. The number of nitrogens with one attached hydrogen (secondary N) is 3. The molecule has 268 valence electrons. The minimum Gasteiger partial charge on any atom is -0.493 e. The number of hydrogen-bond donors (Lipinski definition) is 3. The maximum Gasteiger partial charge on any atom is 0.243 e. The molecule has 3 aromatic heterocycles.